The van der Waals surface area contributed by atoms with Crippen LogP contribution in [-0.4, -0.2) is 22.8 Å². The molecule has 0 aliphatic heterocycles. The first-order valence-corrected chi connectivity index (χ1v) is 5.35. The minimum atomic E-state index is -0.315. The van der Waals surface area contributed by atoms with Crippen LogP contribution in [0.5, 0.6) is 5.75 Å². The zero-order chi connectivity index (χ0) is 13.1. The average Bonchev–Trinajstić information content (AvgIpc) is 2.69. The lowest BCUT2D eigenvalue weighted by molar-refractivity contribution is 0.102. The van der Waals surface area contributed by atoms with Gasteiger partial charge in [0.1, 0.15) is 11.3 Å². The first-order valence-electron chi connectivity index (χ1n) is 5.35. The van der Waals surface area contributed by atoms with E-state index in [1.807, 2.05) is 12.1 Å². The molecule has 0 atom stereocenters. The smallest absolute Gasteiger partial charge is 0.261 e. The van der Waals surface area contributed by atoms with Crippen molar-refractivity contribution in [2.45, 2.75) is 0 Å². The van der Waals surface area contributed by atoms with Gasteiger partial charge in [-0.25, -0.2) is 0 Å². The Morgan fingerprint density at radius 3 is 2.78 bits per heavy atom. The van der Waals surface area contributed by atoms with Gasteiger partial charge in [0, 0.05) is 13.2 Å². The molecule has 6 heteroatoms. The Balaban J connectivity index is 2.24. The van der Waals surface area contributed by atoms with E-state index in [9.17, 15) is 4.79 Å². The Bertz CT molecular complexity index is 577. The van der Waals surface area contributed by atoms with Gasteiger partial charge < -0.3 is 15.8 Å². The van der Waals surface area contributed by atoms with Crippen molar-refractivity contribution in [3.8, 4) is 5.75 Å². The number of carbonyl (C=O) groups excluding carboxylic acids is 1. The highest BCUT2D eigenvalue weighted by molar-refractivity contribution is 6.07. The van der Waals surface area contributed by atoms with E-state index in [1.165, 1.54) is 4.68 Å². The topological polar surface area (TPSA) is 82.2 Å². The van der Waals surface area contributed by atoms with E-state index < -0.39 is 0 Å². The molecule has 0 saturated carbocycles. The van der Waals surface area contributed by atoms with E-state index in [0.717, 1.165) is 0 Å². The van der Waals surface area contributed by atoms with Gasteiger partial charge in [-0.15, -0.1) is 0 Å². The molecule has 0 radical (unpaired) electrons. The third kappa shape index (κ3) is 2.27. The van der Waals surface area contributed by atoms with Crippen LogP contribution in [0.2, 0.25) is 0 Å². The number of amides is 1. The van der Waals surface area contributed by atoms with E-state index >= 15 is 0 Å². The summed E-state index contributed by atoms with van der Waals surface area (Å²) in [6, 6.07) is 7.16. The number of nitrogen functional groups attached to an aromatic ring is 1. The van der Waals surface area contributed by atoms with Crippen LogP contribution >= 0.6 is 0 Å². The van der Waals surface area contributed by atoms with Crippen molar-refractivity contribution >= 4 is 17.4 Å². The van der Waals surface area contributed by atoms with Gasteiger partial charge in [0.15, 0.2) is 5.82 Å². The van der Waals surface area contributed by atoms with Gasteiger partial charge >= 0.3 is 0 Å². The molecule has 1 heterocycles. The molecule has 1 aromatic heterocycles. The van der Waals surface area contributed by atoms with Gasteiger partial charge in [0.25, 0.3) is 5.91 Å². The zero-order valence-electron chi connectivity index (χ0n) is 10.2. The second kappa shape index (κ2) is 4.79. The normalized spacial score (nSPS) is 10.1. The number of anilines is 2. The van der Waals surface area contributed by atoms with E-state index in [-0.39, 0.29) is 11.7 Å². The summed E-state index contributed by atoms with van der Waals surface area (Å²) in [5.74, 6) is 0.475. The molecule has 1 aromatic carbocycles. The van der Waals surface area contributed by atoms with E-state index in [1.54, 1.807) is 32.5 Å². The Kier molecular flexibility index (Phi) is 3.18. The molecule has 18 heavy (non-hydrogen) atoms. The zero-order valence-corrected chi connectivity index (χ0v) is 10.2. The second-order valence-corrected chi connectivity index (χ2v) is 3.76. The van der Waals surface area contributed by atoms with Crippen molar-refractivity contribution in [1.82, 2.24) is 9.78 Å². The maximum Gasteiger partial charge on any atom is 0.261 e. The summed E-state index contributed by atoms with van der Waals surface area (Å²) in [5, 5.41) is 6.65. The fraction of sp³-hybridized carbons (Fsp3) is 0.167. The Hall–Kier alpha value is -2.50. The molecule has 0 saturated heterocycles. The summed E-state index contributed by atoms with van der Waals surface area (Å²) >= 11 is 0. The number of nitrogens with one attached hydrogen (secondary N) is 1. The van der Waals surface area contributed by atoms with E-state index in [0.29, 0.717) is 17.0 Å². The number of para-hydroxylation sites is 2. The number of aryl methyl sites for hydroxylation is 1. The number of nitrogens with two attached hydrogens (primary N) is 1. The van der Waals surface area contributed by atoms with Crippen molar-refractivity contribution in [3.63, 3.8) is 0 Å². The Labute approximate surface area is 104 Å². The van der Waals surface area contributed by atoms with Crippen molar-refractivity contribution in [2.24, 2.45) is 7.05 Å². The summed E-state index contributed by atoms with van der Waals surface area (Å²) < 4.78 is 6.64. The highest BCUT2D eigenvalue weighted by Crippen LogP contribution is 2.24. The maximum absolute atomic E-state index is 12.0. The molecule has 3 N–H and O–H groups in total. The lowest BCUT2D eigenvalue weighted by Crippen LogP contribution is -2.13. The number of benzene rings is 1. The molecule has 0 fully saturated rings. The molecule has 1 amide bonds. The monoisotopic (exact) mass is 246 g/mol. The van der Waals surface area contributed by atoms with Gasteiger partial charge in [-0.05, 0) is 12.1 Å². The van der Waals surface area contributed by atoms with Crippen LogP contribution in [-0.2, 0) is 7.05 Å². The molecular weight excluding hydrogens is 232 g/mol. The summed E-state index contributed by atoms with van der Waals surface area (Å²) in [6.07, 6.45) is 1.57. The Morgan fingerprint density at radius 2 is 2.17 bits per heavy atom. The number of rotatable bonds is 3. The maximum atomic E-state index is 12.0. The summed E-state index contributed by atoms with van der Waals surface area (Å²) in [5.41, 5.74) is 6.57. The van der Waals surface area contributed by atoms with E-state index in [4.69, 9.17) is 10.5 Å². The van der Waals surface area contributed by atoms with Crippen LogP contribution in [0.4, 0.5) is 11.5 Å². The Morgan fingerprint density at radius 1 is 1.44 bits per heavy atom. The summed E-state index contributed by atoms with van der Waals surface area (Å²) in [7, 11) is 3.25. The van der Waals surface area contributed by atoms with Crippen LogP contribution in [0.3, 0.4) is 0 Å². The molecule has 0 spiro atoms. The summed E-state index contributed by atoms with van der Waals surface area (Å²) in [4.78, 5) is 12.0. The third-order valence-corrected chi connectivity index (χ3v) is 2.46. The minimum Gasteiger partial charge on any atom is -0.495 e. The molecule has 6 nitrogen and oxygen atoms in total. The van der Waals surface area contributed by atoms with Crippen molar-refractivity contribution in [2.75, 3.05) is 18.2 Å². The highest BCUT2D eigenvalue weighted by atomic mass is 16.5. The number of aromatic nitrogens is 2. The first-order chi connectivity index (χ1) is 8.61. The SMILES string of the molecule is COc1ccccc1NC(=O)c1cn(C)nc1N. The number of hydrogen-bond donors (Lipinski definition) is 2. The molecule has 94 valence electrons. The number of carbonyl (C=O) groups is 1. The fourth-order valence-corrected chi connectivity index (χ4v) is 1.62. The van der Waals surface area contributed by atoms with Gasteiger partial charge in [-0.3, -0.25) is 9.48 Å². The molecule has 0 aliphatic rings. The minimum absolute atomic E-state index is 0.199. The number of methoxy groups -OCH3 is 1. The van der Waals surface area contributed by atoms with Crippen LogP contribution < -0.4 is 15.8 Å². The van der Waals surface area contributed by atoms with Crippen LogP contribution in [0, 0.1) is 0 Å². The predicted molar refractivity (Wildman–Crippen MR) is 68.6 cm³/mol. The van der Waals surface area contributed by atoms with E-state index in [2.05, 4.69) is 10.4 Å². The third-order valence-electron chi connectivity index (χ3n) is 2.46. The lowest BCUT2D eigenvalue weighted by Gasteiger charge is -2.08. The van der Waals surface area contributed by atoms with Crippen molar-refractivity contribution in [1.29, 1.82) is 0 Å². The van der Waals surface area contributed by atoms with Crippen LogP contribution in [0.25, 0.3) is 0 Å². The number of ether oxygens (including phenoxy) is 1. The molecule has 0 aliphatic carbocycles. The lowest BCUT2D eigenvalue weighted by atomic mass is 10.2. The molecule has 0 bridgehead atoms. The van der Waals surface area contributed by atoms with Crippen molar-refractivity contribution < 1.29 is 9.53 Å². The molecule has 2 rings (SSSR count). The van der Waals surface area contributed by atoms with Gasteiger partial charge in [0.2, 0.25) is 0 Å². The largest absolute Gasteiger partial charge is 0.495 e. The fourth-order valence-electron chi connectivity index (χ4n) is 1.62. The van der Waals surface area contributed by atoms with Gasteiger partial charge in [0.05, 0.1) is 12.8 Å². The second-order valence-electron chi connectivity index (χ2n) is 3.76. The molecule has 2 aromatic rings. The predicted octanol–water partition coefficient (Wildman–Crippen LogP) is 1.26. The standard InChI is InChI=1S/C12H14N4O2/c1-16-7-8(11(13)15-16)12(17)14-9-5-3-4-6-10(9)18-2/h3-7H,1-2H3,(H2,13,15)(H,14,17). The molecule has 0 unspecified atom stereocenters. The van der Waals surface area contributed by atoms with Gasteiger partial charge in [-0.1, -0.05) is 12.1 Å². The molecular formula is C12H14N4O2. The quantitative estimate of drug-likeness (QED) is 0.854. The highest BCUT2D eigenvalue weighted by Gasteiger charge is 2.14. The number of hydrogen-bond acceptors (Lipinski definition) is 4. The first kappa shape index (κ1) is 12.0. The van der Waals surface area contributed by atoms with Crippen LogP contribution in [0.15, 0.2) is 30.5 Å². The van der Waals surface area contributed by atoms with Crippen molar-refractivity contribution in [3.05, 3.63) is 36.0 Å². The van der Waals surface area contributed by atoms with Gasteiger partial charge in [-0.2, -0.15) is 5.10 Å². The number of nitrogens with zero attached hydrogens (tertiary/aromatic N) is 2. The summed E-state index contributed by atoms with van der Waals surface area (Å²) in [6.45, 7) is 0. The van der Waals surface area contributed by atoms with Crippen LogP contribution in [0.1, 0.15) is 10.4 Å². The average molecular weight is 246 g/mol.